The standard InChI is InChI=1S/C27H27F3N6O3S/c1-3-39-23(37)20-4-6-26(38,11-15(20)2)24-32-14-21(40-24)17-8-16(18-12-33-34-13-18)9-19(10-17)35-25-31-7-5-22(36-25)27(28,29)30/h5,7-10,12-15,20,38H,3-4,6,11H2,1-2H3,(H,33,34)(H,31,35,36)/t15-,20+,26+/m1/s1. The van der Waals surface area contributed by atoms with Crippen LogP contribution in [-0.2, 0) is 21.3 Å². The van der Waals surface area contributed by atoms with Crippen LogP contribution in [0.15, 0.2) is 49.1 Å². The number of thiazole rings is 1. The first-order valence-electron chi connectivity index (χ1n) is 12.7. The predicted octanol–water partition coefficient (Wildman–Crippen LogP) is 5.94. The van der Waals surface area contributed by atoms with E-state index >= 15 is 0 Å². The third-order valence-electron chi connectivity index (χ3n) is 6.96. The quantitative estimate of drug-likeness (QED) is 0.232. The Bertz CT molecular complexity index is 1490. The second-order valence-corrected chi connectivity index (χ2v) is 10.8. The molecule has 0 aliphatic heterocycles. The monoisotopic (exact) mass is 572 g/mol. The molecule has 3 N–H and O–H groups in total. The van der Waals surface area contributed by atoms with Crippen LogP contribution < -0.4 is 5.32 Å². The summed E-state index contributed by atoms with van der Waals surface area (Å²) < 4.78 is 44.7. The summed E-state index contributed by atoms with van der Waals surface area (Å²) in [5, 5.41) is 21.7. The van der Waals surface area contributed by atoms with Gasteiger partial charge in [0.1, 0.15) is 16.3 Å². The van der Waals surface area contributed by atoms with Crippen molar-refractivity contribution in [2.75, 3.05) is 11.9 Å². The van der Waals surface area contributed by atoms with Gasteiger partial charge in [-0.15, -0.1) is 11.3 Å². The first-order chi connectivity index (χ1) is 19.1. The number of H-pyrrole nitrogens is 1. The summed E-state index contributed by atoms with van der Waals surface area (Å²) in [4.78, 5) is 25.1. The molecule has 0 amide bonds. The molecule has 1 saturated carbocycles. The lowest BCUT2D eigenvalue weighted by Crippen LogP contribution is -2.39. The number of aliphatic hydroxyl groups is 1. The van der Waals surface area contributed by atoms with Gasteiger partial charge in [0.25, 0.3) is 0 Å². The van der Waals surface area contributed by atoms with Crippen molar-refractivity contribution in [3.05, 3.63) is 59.8 Å². The Morgan fingerprint density at radius 3 is 2.73 bits per heavy atom. The van der Waals surface area contributed by atoms with E-state index in [0.717, 1.165) is 33.8 Å². The number of anilines is 2. The molecule has 13 heteroatoms. The van der Waals surface area contributed by atoms with Crippen molar-refractivity contribution in [1.82, 2.24) is 25.1 Å². The van der Waals surface area contributed by atoms with E-state index in [1.807, 2.05) is 13.0 Å². The molecule has 3 atom stereocenters. The van der Waals surface area contributed by atoms with Crippen molar-refractivity contribution in [3.8, 4) is 21.6 Å². The molecule has 1 aliphatic rings. The van der Waals surface area contributed by atoms with E-state index in [-0.39, 0.29) is 23.8 Å². The van der Waals surface area contributed by atoms with Crippen LogP contribution in [0.25, 0.3) is 21.6 Å². The lowest BCUT2D eigenvalue weighted by molar-refractivity contribution is -0.154. The molecule has 5 rings (SSSR count). The van der Waals surface area contributed by atoms with Crippen molar-refractivity contribution >= 4 is 28.9 Å². The Hall–Kier alpha value is -3.84. The van der Waals surface area contributed by atoms with E-state index in [9.17, 15) is 23.1 Å². The smallest absolute Gasteiger partial charge is 0.433 e. The maximum atomic E-state index is 13.2. The summed E-state index contributed by atoms with van der Waals surface area (Å²) in [6, 6.07) is 6.23. The number of halogens is 3. The summed E-state index contributed by atoms with van der Waals surface area (Å²) in [6.45, 7) is 4.02. The Kier molecular flexibility index (Phi) is 7.60. The lowest BCUT2D eigenvalue weighted by Gasteiger charge is -2.37. The van der Waals surface area contributed by atoms with Gasteiger partial charge in [0.15, 0.2) is 0 Å². The van der Waals surface area contributed by atoms with Crippen LogP contribution in [0.5, 0.6) is 0 Å². The molecule has 1 aromatic carbocycles. The topological polar surface area (TPSA) is 126 Å². The van der Waals surface area contributed by atoms with Crippen LogP contribution in [0.4, 0.5) is 24.8 Å². The zero-order valence-electron chi connectivity index (χ0n) is 21.7. The molecule has 3 heterocycles. The van der Waals surface area contributed by atoms with Crippen molar-refractivity contribution in [2.45, 2.75) is 44.9 Å². The molecule has 1 aliphatic carbocycles. The van der Waals surface area contributed by atoms with Gasteiger partial charge in [-0.05, 0) is 67.5 Å². The van der Waals surface area contributed by atoms with Crippen LogP contribution in [0.3, 0.4) is 0 Å². The number of hydrogen-bond donors (Lipinski definition) is 3. The van der Waals surface area contributed by atoms with E-state index < -0.39 is 17.5 Å². The molecule has 0 saturated heterocycles. The third-order valence-corrected chi connectivity index (χ3v) is 8.20. The summed E-state index contributed by atoms with van der Waals surface area (Å²) in [5.41, 5.74) is 0.477. The molecule has 3 aromatic heterocycles. The van der Waals surface area contributed by atoms with Crippen LogP contribution in [0.2, 0.25) is 0 Å². The number of carbonyl (C=O) groups excluding carboxylic acids is 1. The van der Waals surface area contributed by atoms with Crippen LogP contribution in [0, 0.1) is 11.8 Å². The molecule has 210 valence electrons. The minimum atomic E-state index is -4.60. The van der Waals surface area contributed by atoms with E-state index in [2.05, 4.69) is 30.5 Å². The molecule has 1 fully saturated rings. The van der Waals surface area contributed by atoms with Gasteiger partial charge < -0.3 is 15.2 Å². The maximum absolute atomic E-state index is 13.2. The van der Waals surface area contributed by atoms with Gasteiger partial charge in [0.2, 0.25) is 5.95 Å². The number of hydrogen-bond acceptors (Lipinski definition) is 9. The number of aromatic nitrogens is 5. The van der Waals surface area contributed by atoms with Crippen molar-refractivity contribution in [2.24, 2.45) is 11.8 Å². The highest BCUT2D eigenvalue weighted by Gasteiger charge is 2.43. The van der Waals surface area contributed by atoms with Gasteiger partial charge in [-0.3, -0.25) is 9.89 Å². The number of nitrogens with zero attached hydrogens (tertiary/aromatic N) is 4. The number of nitrogens with one attached hydrogen (secondary N) is 2. The first kappa shape index (κ1) is 27.7. The van der Waals surface area contributed by atoms with E-state index in [4.69, 9.17) is 4.74 Å². The zero-order chi connectivity index (χ0) is 28.5. The second-order valence-electron chi connectivity index (χ2n) is 9.81. The molecule has 0 radical (unpaired) electrons. The molecule has 40 heavy (non-hydrogen) atoms. The largest absolute Gasteiger partial charge is 0.466 e. The Labute approximate surface area is 231 Å². The van der Waals surface area contributed by atoms with E-state index in [0.29, 0.717) is 36.6 Å². The fourth-order valence-electron chi connectivity index (χ4n) is 5.00. The molecule has 0 bridgehead atoms. The summed E-state index contributed by atoms with van der Waals surface area (Å²) in [7, 11) is 0. The third kappa shape index (κ3) is 5.85. The second kappa shape index (κ2) is 11.0. The van der Waals surface area contributed by atoms with Gasteiger partial charge in [-0.1, -0.05) is 6.92 Å². The highest BCUT2D eigenvalue weighted by atomic mass is 32.1. The van der Waals surface area contributed by atoms with Gasteiger partial charge in [-0.25, -0.2) is 15.0 Å². The summed E-state index contributed by atoms with van der Waals surface area (Å²) >= 11 is 1.33. The molecular formula is C27H27F3N6O3S. The van der Waals surface area contributed by atoms with Crippen LogP contribution in [-0.4, -0.2) is 42.8 Å². The highest BCUT2D eigenvalue weighted by molar-refractivity contribution is 7.15. The molecule has 4 aromatic rings. The molecular weight excluding hydrogens is 545 g/mol. The number of esters is 1. The van der Waals surface area contributed by atoms with E-state index in [1.54, 1.807) is 37.6 Å². The van der Waals surface area contributed by atoms with E-state index in [1.165, 1.54) is 11.3 Å². The minimum Gasteiger partial charge on any atom is -0.466 e. The Balaban J connectivity index is 1.44. The maximum Gasteiger partial charge on any atom is 0.433 e. The zero-order valence-corrected chi connectivity index (χ0v) is 22.5. The molecule has 0 unspecified atom stereocenters. The first-order valence-corrected chi connectivity index (χ1v) is 13.5. The SMILES string of the molecule is CCOC(=O)[C@H]1CC[C@@](O)(c2ncc(-c3cc(Nc4nccc(C(F)(F)F)n4)cc(-c4cn[nH]c4)c3)s2)C[C@H]1C. The number of carbonyl (C=O) groups is 1. The average molecular weight is 573 g/mol. The molecule has 9 nitrogen and oxygen atoms in total. The fourth-order valence-corrected chi connectivity index (χ4v) is 6.03. The predicted molar refractivity (Wildman–Crippen MR) is 142 cm³/mol. The van der Waals surface area contributed by atoms with Crippen molar-refractivity contribution in [1.29, 1.82) is 0 Å². The number of rotatable bonds is 7. The summed E-state index contributed by atoms with van der Waals surface area (Å²) in [5.74, 6) is -0.787. The Morgan fingerprint density at radius 2 is 2.02 bits per heavy atom. The molecule has 0 spiro atoms. The number of aromatic amines is 1. The normalized spacial score (nSPS) is 21.2. The highest BCUT2D eigenvalue weighted by Crippen LogP contribution is 2.46. The fraction of sp³-hybridized carbons (Fsp3) is 0.370. The van der Waals surface area contributed by atoms with Gasteiger partial charge in [-0.2, -0.15) is 18.3 Å². The number of ether oxygens (including phenoxy) is 1. The average Bonchev–Trinajstić information content (AvgIpc) is 3.62. The van der Waals surface area contributed by atoms with Gasteiger partial charge in [0.05, 0.1) is 23.6 Å². The lowest BCUT2D eigenvalue weighted by atomic mass is 9.72. The van der Waals surface area contributed by atoms with Crippen molar-refractivity contribution < 1.29 is 27.8 Å². The van der Waals surface area contributed by atoms with Gasteiger partial charge in [0, 0.05) is 29.8 Å². The van der Waals surface area contributed by atoms with Crippen molar-refractivity contribution in [3.63, 3.8) is 0 Å². The Morgan fingerprint density at radius 1 is 1.23 bits per heavy atom. The summed E-state index contributed by atoms with van der Waals surface area (Å²) in [6.07, 6.45) is 2.69. The van der Waals surface area contributed by atoms with Crippen LogP contribution >= 0.6 is 11.3 Å². The number of benzene rings is 1. The number of alkyl halides is 3. The minimum absolute atomic E-state index is 0.0853. The van der Waals surface area contributed by atoms with Gasteiger partial charge >= 0.3 is 12.1 Å². The van der Waals surface area contributed by atoms with Crippen LogP contribution in [0.1, 0.15) is 43.8 Å².